The van der Waals surface area contributed by atoms with E-state index in [1.165, 1.54) is 0 Å². The first-order chi connectivity index (χ1) is 7.16. The number of hydrogen-bond donors (Lipinski definition) is 3. The van der Waals surface area contributed by atoms with Crippen LogP contribution >= 0.6 is 0 Å². The quantitative estimate of drug-likeness (QED) is 0.596. The number of aliphatic hydroxyl groups is 3. The molecule has 4 nitrogen and oxygen atoms in total. The molecule has 0 aliphatic heterocycles. The molecule has 0 aromatic heterocycles. The Kier molecular flexibility index (Phi) is 4.42. The molecule has 0 aliphatic rings. The van der Waals surface area contributed by atoms with E-state index in [0.717, 1.165) is 0 Å². The molecule has 4 heteroatoms. The zero-order valence-corrected chi connectivity index (χ0v) is 8.21. The van der Waals surface area contributed by atoms with Crippen molar-refractivity contribution in [3.63, 3.8) is 0 Å². The van der Waals surface area contributed by atoms with Gasteiger partial charge in [0.25, 0.3) is 0 Å². The van der Waals surface area contributed by atoms with Crippen molar-refractivity contribution in [2.45, 2.75) is 18.6 Å². The number of ketones is 1. The highest BCUT2D eigenvalue weighted by Crippen LogP contribution is 2.08. The van der Waals surface area contributed by atoms with E-state index >= 15 is 0 Å². The van der Waals surface area contributed by atoms with Gasteiger partial charge in [0.05, 0.1) is 6.10 Å². The molecule has 2 atom stereocenters. The van der Waals surface area contributed by atoms with Crippen molar-refractivity contribution in [3.05, 3.63) is 35.9 Å². The number of benzene rings is 1. The Labute approximate surface area is 87.8 Å². The summed E-state index contributed by atoms with van der Waals surface area (Å²) in [5, 5.41) is 27.3. The summed E-state index contributed by atoms with van der Waals surface area (Å²) < 4.78 is 0. The molecule has 0 spiro atoms. The minimum atomic E-state index is -1.47. The van der Waals surface area contributed by atoms with Crippen LogP contribution in [0.4, 0.5) is 0 Å². The molecule has 0 bridgehead atoms. The van der Waals surface area contributed by atoms with E-state index in [0.29, 0.717) is 5.56 Å². The first kappa shape index (κ1) is 11.8. The molecule has 0 fully saturated rings. The van der Waals surface area contributed by atoms with Gasteiger partial charge in [-0.05, 0) is 6.42 Å². The lowest BCUT2D eigenvalue weighted by Gasteiger charge is -2.15. The van der Waals surface area contributed by atoms with Crippen LogP contribution in [-0.4, -0.2) is 39.9 Å². The first-order valence-electron chi connectivity index (χ1n) is 4.73. The van der Waals surface area contributed by atoms with Gasteiger partial charge >= 0.3 is 0 Å². The molecule has 1 rings (SSSR count). The van der Waals surface area contributed by atoms with Gasteiger partial charge in [0, 0.05) is 12.2 Å². The Hall–Kier alpha value is -1.23. The second-order valence-corrected chi connectivity index (χ2v) is 3.25. The summed E-state index contributed by atoms with van der Waals surface area (Å²) in [6.45, 7) is -0.264. The third-order valence-corrected chi connectivity index (χ3v) is 2.12. The van der Waals surface area contributed by atoms with E-state index in [1.807, 2.05) is 0 Å². The summed E-state index contributed by atoms with van der Waals surface area (Å²) in [7, 11) is 0. The maximum atomic E-state index is 11.6. The second kappa shape index (κ2) is 5.60. The highest BCUT2D eigenvalue weighted by Gasteiger charge is 2.24. The van der Waals surface area contributed by atoms with E-state index in [2.05, 4.69) is 0 Å². The van der Waals surface area contributed by atoms with E-state index in [4.69, 9.17) is 5.11 Å². The van der Waals surface area contributed by atoms with Crippen LogP contribution in [0.1, 0.15) is 16.8 Å². The molecule has 0 radical (unpaired) electrons. The Balaban J connectivity index is 2.69. The molecule has 0 amide bonds. The first-order valence-corrected chi connectivity index (χ1v) is 4.73. The third kappa shape index (κ3) is 3.13. The van der Waals surface area contributed by atoms with Crippen LogP contribution in [0.3, 0.4) is 0 Å². The SMILES string of the molecule is O=C(c1ccccc1)C(O)C(O)CCO. The summed E-state index contributed by atoms with van der Waals surface area (Å²) in [6.07, 6.45) is -2.71. The van der Waals surface area contributed by atoms with Crippen LogP contribution in [0.5, 0.6) is 0 Å². The number of Topliss-reactive ketones (excluding diaryl/α,β-unsaturated/α-hetero) is 1. The van der Waals surface area contributed by atoms with Gasteiger partial charge in [-0.1, -0.05) is 30.3 Å². The van der Waals surface area contributed by atoms with Crippen molar-refractivity contribution < 1.29 is 20.1 Å². The van der Waals surface area contributed by atoms with E-state index < -0.39 is 18.0 Å². The van der Waals surface area contributed by atoms with Crippen LogP contribution in [0.2, 0.25) is 0 Å². The minimum absolute atomic E-state index is 0.0141. The highest BCUT2D eigenvalue weighted by molar-refractivity contribution is 5.99. The van der Waals surface area contributed by atoms with Crippen molar-refractivity contribution in [2.24, 2.45) is 0 Å². The standard InChI is InChI=1S/C11H14O4/c12-7-6-9(13)11(15)10(14)8-4-2-1-3-5-8/h1-5,9,11-13,15H,6-7H2. The van der Waals surface area contributed by atoms with Gasteiger partial charge in [0.15, 0.2) is 5.78 Å². The molecule has 0 saturated carbocycles. The Morgan fingerprint density at radius 3 is 2.33 bits per heavy atom. The molecule has 3 N–H and O–H groups in total. The van der Waals surface area contributed by atoms with Crippen molar-refractivity contribution in [2.75, 3.05) is 6.61 Å². The molecule has 15 heavy (non-hydrogen) atoms. The van der Waals surface area contributed by atoms with Crippen LogP contribution in [-0.2, 0) is 0 Å². The zero-order valence-electron chi connectivity index (χ0n) is 8.21. The van der Waals surface area contributed by atoms with Crippen LogP contribution in [0.15, 0.2) is 30.3 Å². The second-order valence-electron chi connectivity index (χ2n) is 3.25. The zero-order chi connectivity index (χ0) is 11.3. The third-order valence-electron chi connectivity index (χ3n) is 2.12. The van der Waals surface area contributed by atoms with Gasteiger partial charge in [-0.25, -0.2) is 0 Å². The Bertz CT molecular complexity index is 310. The summed E-state index contributed by atoms with van der Waals surface area (Å²) in [5.74, 6) is -0.531. The van der Waals surface area contributed by atoms with Crippen molar-refractivity contribution in [3.8, 4) is 0 Å². The lowest BCUT2D eigenvalue weighted by atomic mass is 10.0. The molecule has 0 heterocycles. The van der Waals surface area contributed by atoms with Crippen molar-refractivity contribution in [1.29, 1.82) is 0 Å². The molecule has 1 aromatic rings. The molecule has 2 unspecified atom stereocenters. The summed E-state index contributed by atoms with van der Waals surface area (Å²) in [4.78, 5) is 11.6. The normalized spacial score (nSPS) is 14.6. The Morgan fingerprint density at radius 1 is 1.20 bits per heavy atom. The fourth-order valence-corrected chi connectivity index (χ4v) is 1.24. The van der Waals surface area contributed by atoms with Gasteiger partial charge in [0.1, 0.15) is 6.10 Å². The van der Waals surface area contributed by atoms with E-state index in [9.17, 15) is 15.0 Å². The number of rotatable bonds is 5. The molecule has 82 valence electrons. The Morgan fingerprint density at radius 2 is 1.80 bits per heavy atom. The maximum absolute atomic E-state index is 11.6. The van der Waals surface area contributed by atoms with Crippen LogP contribution < -0.4 is 0 Å². The summed E-state index contributed by atoms with van der Waals surface area (Å²) in [6, 6.07) is 8.25. The highest BCUT2D eigenvalue weighted by atomic mass is 16.3. The van der Waals surface area contributed by atoms with Gasteiger partial charge in [-0.2, -0.15) is 0 Å². The minimum Gasteiger partial charge on any atom is -0.396 e. The smallest absolute Gasteiger partial charge is 0.193 e. The van der Waals surface area contributed by atoms with E-state index in [1.54, 1.807) is 30.3 Å². The number of carbonyl (C=O) groups excluding carboxylic acids is 1. The molecule has 1 aromatic carbocycles. The monoisotopic (exact) mass is 210 g/mol. The average Bonchev–Trinajstić information content (AvgIpc) is 2.28. The lowest BCUT2D eigenvalue weighted by molar-refractivity contribution is 0.0110. The summed E-state index contributed by atoms with van der Waals surface area (Å²) in [5.41, 5.74) is 0.349. The largest absolute Gasteiger partial charge is 0.396 e. The van der Waals surface area contributed by atoms with Gasteiger partial charge in [-0.3, -0.25) is 4.79 Å². The average molecular weight is 210 g/mol. The molecule has 0 saturated heterocycles. The predicted octanol–water partition coefficient (Wildman–Crippen LogP) is -0.0265. The molecular formula is C11H14O4. The maximum Gasteiger partial charge on any atom is 0.193 e. The molecule has 0 aliphatic carbocycles. The lowest BCUT2D eigenvalue weighted by Crippen LogP contribution is -2.34. The van der Waals surface area contributed by atoms with E-state index in [-0.39, 0.29) is 13.0 Å². The van der Waals surface area contributed by atoms with Crippen LogP contribution in [0.25, 0.3) is 0 Å². The van der Waals surface area contributed by atoms with Crippen molar-refractivity contribution >= 4 is 5.78 Å². The molecular weight excluding hydrogens is 196 g/mol. The fraction of sp³-hybridized carbons (Fsp3) is 0.364. The van der Waals surface area contributed by atoms with Gasteiger partial charge in [0.2, 0.25) is 0 Å². The van der Waals surface area contributed by atoms with Crippen molar-refractivity contribution in [1.82, 2.24) is 0 Å². The topological polar surface area (TPSA) is 77.8 Å². The fourth-order valence-electron chi connectivity index (χ4n) is 1.24. The number of aliphatic hydroxyl groups excluding tert-OH is 3. The van der Waals surface area contributed by atoms with Crippen LogP contribution in [0, 0.1) is 0 Å². The number of hydrogen-bond acceptors (Lipinski definition) is 4. The van der Waals surface area contributed by atoms with Gasteiger partial charge in [-0.15, -0.1) is 0 Å². The number of carbonyl (C=O) groups is 1. The van der Waals surface area contributed by atoms with Gasteiger partial charge < -0.3 is 15.3 Å². The predicted molar refractivity (Wildman–Crippen MR) is 54.5 cm³/mol. The summed E-state index contributed by atoms with van der Waals surface area (Å²) >= 11 is 0.